The van der Waals surface area contributed by atoms with Crippen LogP contribution in [0.4, 0.5) is 10.7 Å². The lowest BCUT2D eigenvalue weighted by Crippen LogP contribution is -2.14. The summed E-state index contributed by atoms with van der Waals surface area (Å²) in [5.41, 5.74) is 7.46. The van der Waals surface area contributed by atoms with Gasteiger partial charge in [0.1, 0.15) is 5.00 Å². The van der Waals surface area contributed by atoms with Crippen molar-refractivity contribution in [1.82, 2.24) is 4.57 Å². The number of carbonyl (C=O) groups excluding carboxylic acids is 1. The Balaban J connectivity index is 1.40. The number of aromatic nitrogens is 1. The predicted octanol–water partition coefficient (Wildman–Crippen LogP) is 7.94. The minimum Gasteiger partial charge on any atom is -0.340 e. The molecule has 3 aromatic carbocycles. The number of rotatable bonds is 6. The summed E-state index contributed by atoms with van der Waals surface area (Å²) in [7, 11) is 0. The number of benzene rings is 3. The van der Waals surface area contributed by atoms with Crippen LogP contribution in [0.15, 0.2) is 89.9 Å². The first-order valence-corrected chi connectivity index (χ1v) is 13.7. The van der Waals surface area contributed by atoms with Crippen LogP contribution in [0.1, 0.15) is 50.5 Å². The molecule has 0 unspecified atom stereocenters. The Labute approximate surface area is 221 Å². The van der Waals surface area contributed by atoms with Gasteiger partial charge in [-0.25, -0.2) is 4.99 Å². The van der Waals surface area contributed by atoms with E-state index in [0.29, 0.717) is 0 Å². The lowest BCUT2D eigenvalue weighted by molar-refractivity contribution is 0.102. The van der Waals surface area contributed by atoms with E-state index in [0.717, 1.165) is 47.6 Å². The highest BCUT2D eigenvalue weighted by Crippen LogP contribution is 2.40. The Kier molecular flexibility index (Phi) is 6.46. The molecule has 1 aliphatic rings. The molecule has 4 nitrogen and oxygen atoms in total. The second kappa shape index (κ2) is 10.2. The Morgan fingerprint density at radius 1 is 0.946 bits per heavy atom. The maximum Gasteiger partial charge on any atom is 0.259 e. The van der Waals surface area contributed by atoms with Crippen LogP contribution in [0, 0.1) is 6.92 Å². The van der Waals surface area contributed by atoms with E-state index in [9.17, 15) is 4.79 Å². The van der Waals surface area contributed by atoms with Gasteiger partial charge in [-0.1, -0.05) is 66.7 Å². The second-order valence-electron chi connectivity index (χ2n) is 9.56. The number of nitrogens with one attached hydrogen (secondary N) is 1. The lowest BCUT2D eigenvalue weighted by Gasteiger charge is -2.12. The molecule has 5 heteroatoms. The zero-order valence-corrected chi connectivity index (χ0v) is 21.7. The van der Waals surface area contributed by atoms with Crippen molar-refractivity contribution < 1.29 is 4.79 Å². The van der Waals surface area contributed by atoms with Gasteiger partial charge in [0.15, 0.2) is 0 Å². The topological polar surface area (TPSA) is 46.4 Å². The molecular formula is C32H29N3OS. The van der Waals surface area contributed by atoms with Gasteiger partial charge in [-0.05, 0) is 61.9 Å². The fraction of sp³-hybridized carbons (Fsp3) is 0.188. The van der Waals surface area contributed by atoms with Gasteiger partial charge < -0.3 is 9.88 Å². The molecule has 0 spiro atoms. The molecule has 2 aromatic heterocycles. The van der Waals surface area contributed by atoms with E-state index in [2.05, 4.69) is 65.3 Å². The number of carbonyl (C=O) groups is 1. The van der Waals surface area contributed by atoms with Gasteiger partial charge in [0.05, 0.1) is 5.56 Å². The highest BCUT2D eigenvalue weighted by molar-refractivity contribution is 7.16. The van der Waals surface area contributed by atoms with Crippen LogP contribution in [-0.2, 0) is 19.4 Å². The van der Waals surface area contributed by atoms with E-state index < -0.39 is 0 Å². The Hall–Kier alpha value is -3.96. The molecule has 184 valence electrons. The average molecular weight is 504 g/mol. The number of hydrogen-bond acceptors (Lipinski definition) is 3. The summed E-state index contributed by atoms with van der Waals surface area (Å²) in [4.78, 5) is 19.8. The van der Waals surface area contributed by atoms with Gasteiger partial charge in [0.25, 0.3) is 5.91 Å². The van der Waals surface area contributed by atoms with Crippen LogP contribution in [0.3, 0.4) is 0 Å². The standard InChI is InChI=1S/C32H29N3OS/c1-22-27(25-16-8-10-18-28(25)35(22)21-23-12-4-2-5-13-23)20-33-32-30(26-17-9-11-19-29(26)37-32)31(36)34-24-14-6-3-7-15-24/h2-8,10,12-16,18,20H,9,11,17,19,21H2,1H3,(H,34,36). The van der Waals surface area contributed by atoms with E-state index in [1.165, 1.54) is 39.0 Å². The maximum atomic E-state index is 13.5. The fourth-order valence-corrected chi connectivity index (χ4v) is 6.54. The summed E-state index contributed by atoms with van der Waals surface area (Å²) < 4.78 is 2.36. The molecule has 0 aliphatic heterocycles. The number of aryl methyl sites for hydroxylation is 1. The molecule has 0 radical (unpaired) electrons. The molecule has 0 atom stereocenters. The predicted molar refractivity (Wildman–Crippen MR) is 155 cm³/mol. The van der Waals surface area contributed by atoms with Gasteiger partial charge in [-0.3, -0.25) is 4.79 Å². The minimum absolute atomic E-state index is 0.0685. The number of fused-ring (bicyclic) bond motifs is 2. The number of para-hydroxylation sites is 2. The quantitative estimate of drug-likeness (QED) is 0.235. The van der Waals surface area contributed by atoms with Crippen LogP contribution in [0.25, 0.3) is 10.9 Å². The summed E-state index contributed by atoms with van der Waals surface area (Å²) in [5.74, 6) is -0.0685. The number of thiophene rings is 1. The highest BCUT2D eigenvalue weighted by atomic mass is 32.1. The Morgan fingerprint density at radius 2 is 1.65 bits per heavy atom. The van der Waals surface area contributed by atoms with Crippen LogP contribution >= 0.6 is 11.3 Å². The van der Waals surface area contributed by atoms with Crippen molar-refractivity contribution in [3.05, 3.63) is 118 Å². The molecule has 1 aliphatic carbocycles. The monoisotopic (exact) mass is 503 g/mol. The molecule has 5 aromatic rings. The van der Waals surface area contributed by atoms with Gasteiger partial charge in [0, 0.05) is 45.5 Å². The Morgan fingerprint density at radius 3 is 2.46 bits per heavy atom. The third-order valence-corrected chi connectivity index (χ3v) is 8.39. The van der Waals surface area contributed by atoms with E-state index in [4.69, 9.17) is 4.99 Å². The molecule has 0 fully saturated rings. The van der Waals surface area contributed by atoms with E-state index in [1.807, 2.05) is 42.6 Å². The molecule has 0 saturated carbocycles. The van der Waals surface area contributed by atoms with Crippen molar-refractivity contribution in [3.63, 3.8) is 0 Å². The number of hydrogen-bond donors (Lipinski definition) is 1. The van der Waals surface area contributed by atoms with Crippen molar-refractivity contribution in [1.29, 1.82) is 0 Å². The zero-order valence-electron chi connectivity index (χ0n) is 20.9. The van der Waals surface area contributed by atoms with Crippen LogP contribution in [0.5, 0.6) is 0 Å². The van der Waals surface area contributed by atoms with E-state index in [-0.39, 0.29) is 5.91 Å². The summed E-state index contributed by atoms with van der Waals surface area (Å²) in [5, 5.41) is 5.08. The van der Waals surface area contributed by atoms with E-state index >= 15 is 0 Å². The Bertz CT molecular complexity index is 1600. The summed E-state index contributed by atoms with van der Waals surface area (Å²) in [6.07, 6.45) is 6.22. The van der Waals surface area contributed by atoms with Crippen molar-refractivity contribution in [2.75, 3.05) is 5.32 Å². The average Bonchev–Trinajstić information content (AvgIpc) is 3.43. The third kappa shape index (κ3) is 4.63. The van der Waals surface area contributed by atoms with Crippen molar-refractivity contribution >= 4 is 45.0 Å². The van der Waals surface area contributed by atoms with E-state index in [1.54, 1.807) is 11.3 Å². The van der Waals surface area contributed by atoms with Crippen LogP contribution in [-0.4, -0.2) is 16.7 Å². The number of amides is 1. The van der Waals surface area contributed by atoms with Crippen molar-refractivity contribution in [2.45, 2.75) is 39.2 Å². The van der Waals surface area contributed by atoms with Gasteiger partial charge in [-0.2, -0.15) is 0 Å². The first kappa shape index (κ1) is 23.4. The number of aliphatic imine (C=N–C) groups is 1. The third-order valence-electron chi connectivity index (χ3n) is 7.19. The summed E-state index contributed by atoms with van der Waals surface area (Å²) in [6.45, 7) is 2.96. The maximum absolute atomic E-state index is 13.5. The second-order valence-corrected chi connectivity index (χ2v) is 10.6. The van der Waals surface area contributed by atoms with Crippen molar-refractivity contribution in [3.8, 4) is 0 Å². The first-order valence-electron chi connectivity index (χ1n) is 12.9. The van der Waals surface area contributed by atoms with Gasteiger partial charge in [-0.15, -0.1) is 11.3 Å². The summed E-state index contributed by atoms with van der Waals surface area (Å²) >= 11 is 1.68. The molecule has 2 heterocycles. The molecule has 1 N–H and O–H groups in total. The van der Waals surface area contributed by atoms with Gasteiger partial charge >= 0.3 is 0 Å². The molecule has 0 saturated heterocycles. The molecule has 0 bridgehead atoms. The lowest BCUT2D eigenvalue weighted by atomic mass is 9.95. The number of anilines is 1. The highest BCUT2D eigenvalue weighted by Gasteiger charge is 2.25. The van der Waals surface area contributed by atoms with Crippen LogP contribution < -0.4 is 5.32 Å². The smallest absolute Gasteiger partial charge is 0.259 e. The normalized spacial score (nSPS) is 13.2. The van der Waals surface area contributed by atoms with Crippen molar-refractivity contribution in [2.24, 2.45) is 4.99 Å². The molecule has 37 heavy (non-hydrogen) atoms. The summed E-state index contributed by atoms with van der Waals surface area (Å²) in [6, 6.07) is 28.7. The number of nitrogens with zero attached hydrogens (tertiary/aromatic N) is 2. The minimum atomic E-state index is -0.0685. The van der Waals surface area contributed by atoms with Gasteiger partial charge in [0.2, 0.25) is 0 Å². The van der Waals surface area contributed by atoms with Crippen LogP contribution in [0.2, 0.25) is 0 Å². The SMILES string of the molecule is Cc1c(C=Nc2sc3c(c2C(=O)Nc2ccccc2)CCCC3)c2ccccc2n1Cc1ccccc1. The zero-order chi connectivity index (χ0) is 25.2. The largest absolute Gasteiger partial charge is 0.340 e. The molecule has 1 amide bonds. The molecular weight excluding hydrogens is 474 g/mol. The fourth-order valence-electron chi connectivity index (χ4n) is 5.31. The molecule has 6 rings (SSSR count). The first-order chi connectivity index (χ1) is 18.2.